The summed E-state index contributed by atoms with van der Waals surface area (Å²) in [6.07, 6.45) is 0. The Hall–Kier alpha value is -0.530. The van der Waals surface area contributed by atoms with Crippen LogP contribution < -0.4 is 0 Å². The molecule has 2 aromatic rings. The molecule has 0 aliphatic rings. The molecule has 0 nitrogen and oxygen atoms in total. The van der Waals surface area contributed by atoms with Crippen LogP contribution in [0.15, 0.2) is 18.2 Å². The first-order valence-electron chi connectivity index (χ1n) is 4.26. The molecule has 1 aromatic heterocycles. The largest absolute Gasteiger partial charge is 0.139 e. The van der Waals surface area contributed by atoms with Crippen molar-refractivity contribution in [1.29, 1.82) is 0 Å². The van der Waals surface area contributed by atoms with Crippen molar-refractivity contribution < 1.29 is 0 Å². The van der Waals surface area contributed by atoms with E-state index in [2.05, 4.69) is 32.0 Å². The van der Waals surface area contributed by atoms with E-state index in [1.54, 1.807) is 11.3 Å². The van der Waals surface area contributed by atoms with Crippen LogP contribution in [-0.2, 0) is 5.88 Å². The van der Waals surface area contributed by atoms with Crippen molar-refractivity contribution >= 4 is 33.0 Å². The highest BCUT2D eigenvalue weighted by atomic mass is 35.5. The van der Waals surface area contributed by atoms with Gasteiger partial charge in [0.1, 0.15) is 0 Å². The first kappa shape index (κ1) is 9.04. The van der Waals surface area contributed by atoms with Gasteiger partial charge in [-0.1, -0.05) is 6.07 Å². The van der Waals surface area contributed by atoms with Gasteiger partial charge in [-0.25, -0.2) is 0 Å². The number of aryl methyl sites for hydroxylation is 2. The number of hydrogen-bond donors (Lipinski definition) is 0. The van der Waals surface area contributed by atoms with Gasteiger partial charge in [-0.2, -0.15) is 0 Å². The summed E-state index contributed by atoms with van der Waals surface area (Å²) in [4.78, 5) is 1.25. The zero-order valence-corrected chi connectivity index (χ0v) is 9.30. The van der Waals surface area contributed by atoms with Crippen molar-refractivity contribution in [2.24, 2.45) is 0 Å². The topological polar surface area (TPSA) is 0 Å². The molecule has 0 N–H and O–H groups in total. The van der Waals surface area contributed by atoms with Crippen LogP contribution >= 0.6 is 22.9 Å². The second kappa shape index (κ2) is 3.32. The summed E-state index contributed by atoms with van der Waals surface area (Å²) in [6.45, 7) is 4.28. The van der Waals surface area contributed by atoms with Crippen molar-refractivity contribution in [3.63, 3.8) is 0 Å². The van der Waals surface area contributed by atoms with E-state index in [9.17, 15) is 0 Å². The fourth-order valence-corrected chi connectivity index (χ4v) is 2.94. The number of benzene rings is 1. The third kappa shape index (κ3) is 1.59. The Morgan fingerprint density at radius 3 is 2.69 bits per heavy atom. The number of alkyl halides is 1. The Balaban J connectivity index is 2.75. The van der Waals surface area contributed by atoms with Crippen LogP contribution in [0.3, 0.4) is 0 Å². The minimum Gasteiger partial charge on any atom is -0.139 e. The van der Waals surface area contributed by atoms with E-state index in [0.717, 1.165) is 0 Å². The average Bonchev–Trinajstić information content (AvgIpc) is 2.47. The summed E-state index contributed by atoms with van der Waals surface area (Å²) in [7, 11) is 0. The van der Waals surface area contributed by atoms with Gasteiger partial charge in [0.2, 0.25) is 0 Å². The summed E-state index contributed by atoms with van der Waals surface area (Å²) in [6, 6.07) is 6.64. The Bertz CT molecular complexity index is 443. The smallest absolute Gasteiger partial charge is 0.0568 e. The molecule has 0 saturated heterocycles. The lowest BCUT2D eigenvalue weighted by Crippen LogP contribution is -1.75. The number of hydrogen-bond acceptors (Lipinski definition) is 1. The van der Waals surface area contributed by atoms with E-state index in [1.807, 2.05) is 0 Å². The van der Waals surface area contributed by atoms with E-state index >= 15 is 0 Å². The molecule has 1 heterocycles. The van der Waals surface area contributed by atoms with Crippen molar-refractivity contribution in [2.45, 2.75) is 19.7 Å². The van der Waals surface area contributed by atoms with Gasteiger partial charge in [0, 0.05) is 9.58 Å². The molecule has 0 radical (unpaired) electrons. The van der Waals surface area contributed by atoms with Gasteiger partial charge >= 0.3 is 0 Å². The summed E-state index contributed by atoms with van der Waals surface area (Å²) in [5.41, 5.74) is 2.68. The third-order valence-electron chi connectivity index (χ3n) is 2.17. The number of fused-ring (bicyclic) bond motifs is 1. The maximum absolute atomic E-state index is 5.80. The normalized spacial score (nSPS) is 11.0. The molecule has 0 aliphatic heterocycles. The lowest BCUT2D eigenvalue weighted by molar-refractivity contribution is 1.44. The lowest BCUT2D eigenvalue weighted by Gasteiger charge is -1.97. The Kier molecular flexibility index (Phi) is 2.31. The zero-order valence-electron chi connectivity index (χ0n) is 7.73. The minimum absolute atomic E-state index is 0.623. The van der Waals surface area contributed by atoms with E-state index in [1.165, 1.54) is 26.1 Å². The molecule has 0 saturated carbocycles. The van der Waals surface area contributed by atoms with Crippen LogP contribution in [0.2, 0.25) is 0 Å². The van der Waals surface area contributed by atoms with Crippen LogP contribution in [0, 0.1) is 13.8 Å². The summed E-state index contributed by atoms with van der Waals surface area (Å²) in [5.74, 6) is 0.623. The highest BCUT2D eigenvalue weighted by Crippen LogP contribution is 2.30. The first-order chi connectivity index (χ1) is 6.20. The summed E-state index contributed by atoms with van der Waals surface area (Å²) < 4.78 is 1.35. The standard InChI is InChI=1S/C11H11ClS/c1-7-3-8(2)10-5-9(6-12)13-11(10)4-7/h3-5H,6H2,1-2H3. The van der Waals surface area contributed by atoms with Crippen molar-refractivity contribution in [2.75, 3.05) is 0 Å². The van der Waals surface area contributed by atoms with Crippen LogP contribution in [0.4, 0.5) is 0 Å². The molecule has 0 atom stereocenters. The molecule has 0 unspecified atom stereocenters. The van der Waals surface area contributed by atoms with Gasteiger partial charge in [0.25, 0.3) is 0 Å². The molecular formula is C11H11ClS. The minimum atomic E-state index is 0.623. The molecule has 0 amide bonds. The van der Waals surface area contributed by atoms with Crippen molar-refractivity contribution in [1.82, 2.24) is 0 Å². The van der Waals surface area contributed by atoms with E-state index in [4.69, 9.17) is 11.6 Å². The lowest BCUT2D eigenvalue weighted by atomic mass is 10.1. The van der Waals surface area contributed by atoms with E-state index in [0.29, 0.717) is 5.88 Å². The van der Waals surface area contributed by atoms with Gasteiger partial charge in [0.15, 0.2) is 0 Å². The molecule has 1 aromatic carbocycles. The fourth-order valence-electron chi connectivity index (χ4n) is 1.61. The molecule has 0 aliphatic carbocycles. The number of thiophene rings is 1. The second-order valence-electron chi connectivity index (χ2n) is 3.34. The average molecular weight is 211 g/mol. The molecule has 0 bridgehead atoms. The second-order valence-corrected chi connectivity index (χ2v) is 4.78. The van der Waals surface area contributed by atoms with Gasteiger partial charge in [-0.05, 0) is 42.5 Å². The molecule has 2 heteroatoms. The summed E-state index contributed by atoms with van der Waals surface area (Å²) >= 11 is 7.59. The molecule has 68 valence electrons. The summed E-state index contributed by atoms with van der Waals surface area (Å²) in [5, 5.41) is 1.35. The Morgan fingerprint density at radius 1 is 1.23 bits per heavy atom. The van der Waals surface area contributed by atoms with Crippen molar-refractivity contribution in [3.05, 3.63) is 34.2 Å². The fraction of sp³-hybridized carbons (Fsp3) is 0.273. The number of rotatable bonds is 1. The molecule has 13 heavy (non-hydrogen) atoms. The third-order valence-corrected chi connectivity index (χ3v) is 3.70. The van der Waals surface area contributed by atoms with E-state index in [-0.39, 0.29) is 0 Å². The maximum atomic E-state index is 5.80. The van der Waals surface area contributed by atoms with Crippen LogP contribution in [0.25, 0.3) is 10.1 Å². The molecule has 2 rings (SSSR count). The Morgan fingerprint density at radius 2 is 2.00 bits per heavy atom. The number of halogens is 1. The van der Waals surface area contributed by atoms with Crippen LogP contribution in [0.5, 0.6) is 0 Å². The van der Waals surface area contributed by atoms with Crippen molar-refractivity contribution in [3.8, 4) is 0 Å². The van der Waals surface area contributed by atoms with Gasteiger partial charge < -0.3 is 0 Å². The molecule has 0 fully saturated rings. The monoisotopic (exact) mass is 210 g/mol. The van der Waals surface area contributed by atoms with Gasteiger partial charge in [0.05, 0.1) is 5.88 Å². The van der Waals surface area contributed by atoms with Gasteiger partial charge in [-0.3, -0.25) is 0 Å². The predicted molar refractivity (Wildman–Crippen MR) is 60.9 cm³/mol. The molecule has 0 spiro atoms. The molecular weight excluding hydrogens is 200 g/mol. The maximum Gasteiger partial charge on any atom is 0.0568 e. The van der Waals surface area contributed by atoms with E-state index < -0.39 is 0 Å². The van der Waals surface area contributed by atoms with Crippen LogP contribution in [-0.4, -0.2) is 0 Å². The first-order valence-corrected chi connectivity index (χ1v) is 5.61. The highest BCUT2D eigenvalue weighted by molar-refractivity contribution is 7.19. The SMILES string of the molecule is Cc1cc(C)c2cc(CCl)sc2c1. The highest BCUT2D eigenvalue weighted by Gasteiger charge is 2.03. The Labute approximate surface area is 87.2 Å². The predicted octanol–water partition coefficient (Wildman–Crippen LogP) is 4.26. The van der Waals surface area contributed by atoms with Crippen LogP contribution in [0.1, 0.15) is 16.0 Å². The van der Waals surface area contributed by atoms with Gasteiger partial charge in [-0.15, -0.1) is 22.9 Å². The quantitative estimate of drug-likeness (QED) is 0.618. The zero-order chi connectivity index (χ0) is 9.42.